The van der Waals surface area contributed by atoms with Gasteiger partial charge in [0.1, 0.15) is 0 Å². The molecule has 5 nitrogen and oxygen atoms in total. The van der Waals surface area contributed by atoms with Crippen molar-refractivity contribution in [1.82, 2.24) is 4.98 Å². The standard InChI is InChI=1S/C14H14N2O3S2/c1-8-15-11-3-2-10(5-13(11)20-8)16-12-7-21(18,19)6-9(12)4-14(16)17/h2-3,5,9,12H,4,6-7H2,1H3. The van der Waals surface area contributed by atoms with Gasteiger partial charge >= 0.3 is 0 Å². The number of hydrogen-bond acceptors (Lipinski definition) is 5. The molecule has 21 heavy (non-hydrogen) atoms. The highest BCUT2D eigenvalue weighted by Crippen LogP contribution is 2.38. The number of anilines is 1. The van der Waals surface area contributed by atoms with E-state index < -0.39 is 9.84 Å². The summed E-state index contributed by atoms with van der Waals surface area (Å²) < 4.78 is 24.6. The van der Waals surface area contributed by atoms with Gasteiger partial charge in [-0.2, -0.15) is 0 Å². The highest BCUT2D eigenvalue weighted by molar-refractivity contribution is 7.91. The fraction of sp³-hybridized carbons (Fsp3) is 0.429. The number of fused-ring (bicyclic) bond motifs is 2. The van der Waals surface area contributed by atoms with Crippen LogP contribution in [-0.4, -0.2) is 36.9 Å². The van der Waals surface area contributed by atoms with E-state index in [1.54, 1.807) is 16.2 Å². The van der Waals surface area contributed by atoms with Gasteiger partial charge in [-0.3, -0.25) is 4.79 Å². The van der Waals surface area contributed by atoms with Crippen LogP contribution in [0.5, 0.6) is 0 Å². The summed E-state index contributed by atoms with van der Waals surface area (Å²) in [5, 5.41) is 0.983. The van der Waals surface area contributed by atoms with E-state index in [1.807, 2.05) is 25.1 Å². The van der Waals surface area contributed by atoms with Crippen molar-refractivity contribution in [2.24, 2.45) is 5.92 Å². The van der Waals surface area contributed by atoms with E-state index in [9.17, 15) is 13.2 Å². The molecule has 2 aliphatic heterocycles. The third-order valence-electron chi connectivity index (χ3n) is 4.23. The third kappa shape index (κ3) is 2.06. The van der Waals surface area contributed by atoms with Gasteiger partial charge < -0.3 is 4.90 Å². The van der Waals surface area contributed by atoms with E-state index in [-0.39, 0.29) is 29.4 Å². The van der Waals surface area contributed by atoms with Crippen LogP contribution < -0.4 is 4.90 Å². The quantitative estimate of drug-likeness (QED) is 0.802. The number of carbonyl (C=O) groups is 1. The summed E-state index contributed by atoms with van der Waals surface area (Å²) in [6.07, 6.45) is 0.337. The van der Waals surface area contributed by atoms with E-state index in [2.05, 4.69) is 4.98 Å². The second-order valence-electron chi connectivity index (χ2n) is 5.76. The molecule has 0 bridgehead atoms. The summed E-state index contributed by atoms with van der Waals surface area (Å²) in [7, 11) is -3.01. The van der Waals surface area contributed by atoms with E-state index >= 15 is 0 Å². The predicted molar refractivity (Wildman–Crippen MR) is 82.4 cm³/mol. The zero-order valence-corrected chi connectivity index (χ0v) is 13.1. The molecule has 2 saturated heterocycles. The van der Waals surface area contributed by atoms with Gasteiger partial charge in [0.15, 0.2) is 9.84 Å². The average molecular weight is 322 g/mol. The number of rotatable bonds is 1. The van der Waals surface area contributed by atoms with Gasteiger partial charge in [0, 0.05) is 18.0 Å². The molecular formula is C14H14N2O3S2. The van der Waals surface area contributed by atoms with E-state index in [0.717, 1.165) is 20.9 Å². The minimum atomic E-state index is -3.01. The number of aryl methyl sites for hydroxylation is 1. The van der Waals surface area contributed by atoms with Crippen molar-refractivity contribution in [3.63, 3.8) is 0 Å². The molecule has 2 aromatic rings. The average Bonchev–Trinajstić information content (AvgIpc) is 2.96. The molecule has 2 unspecified atom stereocenters. The van der Waals surface area contributed by atoms with Gasteiger partial charge in [0.25, 0.3) is 0 Å². The summed E-state index contributed by atoms with van der Waals surface area (Å²) in [5.41, 5.74) is 1.71. The summed E-state index contributed by atoms with van der Waals surface area (Å²) in [5.74, 6) is 0.201. The van der Waals surface area contributed by atoms with E-state index in [1.165, 1.54) is 0 Å². The molecule has 1 amide bonds. The predicted octanol–water partition coefficient (Wildman–Crippen LogP) is 1.75. The van der Waals surface area contributed by atoms with Crippen LogP contribution >= 0.6 is 11.3 Å². The number of carbonyl (C=O) groups excluding carboxylic acids is 1. The first-order valence-corrected chi connectivity index (χ1v) is 9.46. The number of amides is 1. The maximum absolute atomic E-state index is 12.3. The molecule has 0 radical (unpaired) electrons. The zero-order chi connectivity index (χ0) is 14.8. The monoisotopic (exact) mass is 322 g/mol. The Hall–Kier alpha value is -1.47. The van der Waals surface area contributed by atoms with E-state index in [4.69, 9.17) is 0 Å². The second-order valence-corrected chi connectivity index (χ2v) is 9.15. The van der Waals surface area contributed by atoms with Gasteiger partial charge in [0.05, 0.1) is 32.8 Å². The highest BCUT2D eigenvalue weighted by atomic mass is 32.2. The lowest BCUT2D eigenvalue weighted by atomic mass is 10.0. The Balaban J connectivity index is 1.78. The lowest BCUT2D eigenvalue weighted by molar-refractivity contribution is -0.117. The zero-order valence-electron chi connectivity index (χ0n) is 11.4. The fourth-order valence-electron chi connectivity index (χ4n) is 3.40. The SMILES string of the molecule is Cc1nc2ccc(N3C(=O)CC4CS(=O)(=O)CC43)cc2s1. The minimum Gasteiger partial charge on any atom is -0.308 e. The van der Waals surface area contributed by atoms with Gasteiger partial charge in [-0.05, 0) is 25.1 Å². The number of sulfone groups is 1. The van der Waals surface area contributed by atoms with Crippen LogP contribution in [0.15, 0.2) is 18.2 Å². The van der Waals surface area contributed by atoms with Crippen molar-refractivity contribution in [3.8, 4) is 0 Å². The molecule has 1 aromatic carbocycles. The Bertz CT molecular complexity index is 856. The maximum atomic E-state index is 12.3. The van der Waals surface area contributed by atoms with Gasteiger partial charge in [0.2, 0.25) is 5.91 Å². The molecule has 0 spiro atoms. The van der Waals surface area contributed by atoms with Crippen LogP contribution in [0.3, 0.4) is 0 Å². The minimum absolute atomic E-state index is 0.0282. The molecule has 7 heteroatoms. The van der Waals surface area contributed by atoms with Crippen molar-refractivity contribution < 1.29 is 13.2 Å². The molecule has 4 rings (SSSR count). The maximum Gasteiger partial charge on any atom is 0.227 e. The smallest absolute Gasteiger partial charge is 0.227 e. The van der Waals surface area contributed by atoms with Crippen molar-refractivity contribution in [2.75, 3.05) is 16.4 Å². The van der Waals surface area contributed by atoms with Gasteiger partial charge in [-0.15, -0.1) is 11.3 Å². The molecule has 3 heterocycles. The van der Waals surface area contributed by atoms with Crippen molar-refractivity contribution in [1.29, 1.82) is 0 Å². The van der Waals surface area contributed by atoms with Crippen LogP contribution in [0.2, 0.25) is 0 Å². The van der Waals surface area contributed by atoms with Crippen molar-refractivity contribution in [3.05, 3.63) is 23.2 Å². The number of hydrogen-bond donors (Lipinski definition) is 0. The molecule has 0 N–H and O–H groups in total. The third-order valence-corrected chi connectivity index (χ3v) is 6.95. The summed E-state index contributed by atoms with van der Waals surface area (Å²) in [6, 6.07) is 5.52. The first-order valence-electron chi connectivity index (χ1n) is 6.83. The molecule has 2 atom stereocenters. The Labute approximate surface area is 126 Å². The summed E-state index contributed by atoms with van der Waals surface area (Å²) >= 11 is 1.58. The van der Waals surface area contributed by atoms with Gasteiger partial charge in [-0.25, -0.2) is 13.4 Å². The summed E-state index contributed by atoms with van der Waals surface area (Å²) in [4.78, 5) is 18.4. The fourth-order valence-corrected chi connectivity index (χ4v) is 6.33. The first kappa shape index (κ1) is 13.2. The van der Waals surface area contributed by atoms with E-state index in [0.29, 0.717) is 6.42 Å². The Kier molecular flexibility index (Phi) is 2.68. The van der Waals surface area contributed by atoms with Crippen LogP contribution in [0.25, 0.3) is 10.2 Å². The lowest BCUT2D eigenvalue weighted by Crippen LogP contribution is -2.36. The molecule has 2 fully saturated rings. The second kappa shape index (κ2) is 4.27. The van der Waals surface area contributed by atoms with Crippen molar-refractivity contribution >= 4 is 43.0 Å². The lowest BCUT2D eigenvalue weighted by Gasteiger charge is -2.23. The van der Waals surface area contributed by atoms with Gasteiger partial charge in [-0.1, -0.05) is 0 Å². The number of thiazole rings is 1. The van der Waals surface area contributed by atoms with Crippen LogP contribution in [0.1, 0.15) is 11.4 Å². The highest BCUT2D eigenvalue weighted by Gasteiger charge is 2.49. The van der Waals surface area contributed by atoms with Crippen molar-refractivity contribution in [2.45, 2.75) is 19.4 Å². The molecule has 0 saturated carbocycles. The first-order chi connectivity index (χ1) is 9.93. The molecule has 110 valence electrons. The molecular weight excluding hydrogens is 308 g/mol. The Morgan fingerprint density at radius 2 is 2.14 bits per heavy atom. The Morgan fingerprint density at radius 1 is 1.33 bits per heavy atom. The number of benzene rings is 1. The summed E-state index contributed by atoms with van der Waals surface area (Å²) in [6.45, 7) is 1.95. The molecule has 1 aromatic heterocycles. The molecule has 0 aliphatic carbocycles. The number of nitrogens with zero attached hydrogens (tertiary/aromatic N) is 2. The van der Waals surface area contributed by atoms with Crippen LogP contribution in [0.4, 0.5) is 5.69 Å². The van der Waals surface area contributed by atoms with Crippen LogP contribution in [-0.2, 0) is 14.6 Å². The largest absolute Gasteiger partial charge is 0.308 e. The number of aromatic nitrogens is 1. The molecule has 2 aliphatic rings. The van der Waals surface area contributed by atoms with Crippen LogP contribution in [0, 0.1) is 12.8 Å². The normalized spacial score (nSPS) is 27.5. The Morgan fingerprint density at radius 3 is 2.95 bits per heavy atom. The topological polar surface area (TPSA) is 67.3 Å².